The first-order chi connectivity index (χ1) is 44.2. The van der Waals surface area contributed by atoms with Gasteiger partial charge in [0.25, 0.3) is 0 Å². The summed E-state index contributed by atoms with van der Waals surface area (Å²) in [6, 6.07) is 0. The van der Waals surface area contributed by atoms with E-state index >= 15 is 0 Å². The van der Waals surface area contributed by atoms with E-state index in [1.165, 1.54) is 154 Å². The number of unbranched alkanes of at least 4 members (excludes halogenated alkanes) is 34. The van der Waals surface area contributed by atoms with E-state index in [4.69, 9.17) is 37.0 Å². The van der Waals surface area contributed by atoms with Gasteiger partial charge < -0.3 is 33.8 Å². The highest BCUT2D eigenvalue weighted by Crippen LogP contribution is 2.45. The maximum absolute atomic E-state index is 13.0. The quantitative estimate of drug-likeness (QED) is 0.0222. The number of ether oxygens (including phenoxy) is 4. The largest absolute Gasteiger partial charge is 0.472 e. The van der Waals surface area contributed by atoms with Crippen LogP contribution in [0.1, 0.15) is 364 Å². The fourth-order valence-corrected chi connectivity index (χ4v) is 12.5. The van der Waals surface area contributed by atoms with Crippen molar-refractivity contribution in [3.8, 4) is 0 Å². The maximum atomic E-state index is 13.0. The Morgan fingerprint density at radius 1 is 0.304 bits per heavy atom. The fourth-order valence-electron chi connectivity index (χ4n) is 11.0. The third-order valence-corrected chi connectivity index (χ3v) is 19.4. The normalized spacial score (nSPS) is 14.8. The predicted octanol–water partition coefficient (Wildman–Crippen LogP) is 20.9. The molecule has 0 heterocycles. The molecule has 17 nitrogen and oxygen atoms in total. The SMILES string of the molecule is CCC(C)CCCCCCCCC(=O)OC[C@H](COP(=O)(O)OC[C@@H](O)COP(=O)(O)OC[C@@H](COC(=O)CCCCCCCCC(C)CC)OC(=O)CCCCCCCCCCCCC(C)C)OC(=O)CCCCCCCCCCCCCCCCCCC(C)C. The number of phosphoric ester groups is 2. The van der Waals surface area contributed by atoms with Crippen molar-refractivity contribution in [2.75, 3.05) is 39.6 Å². The van der Waals surface area contributed by atoms with Crippen LogP contribution in [-0.2, 0) is 65.4 Å². The van der Waals surface area contributed by atoms with Gasteiger partial charge in [-0.1, -0.05) is 312 Å². The summed E-state index contributed by atoms with van der Waals surface area (Å²) in [4.78, 5) is 72.6. The molecule has 0 saturated heterocycles. The zero-order chi connectivity index (χ0) is 68.2. The second-order valence-electron chi connectivity index (χ2n) is 27.8. The molecule has 0 amide bonds. The minimum atomic E-state index is -4.95. The molecule has 0 aliphatic rings. The molecule has 4 unspecified atom stereocenters. The molecule has 7 atom stereocenters. The minimum absolute atomic E-state index is 0.104. The molecule has 19 heteroatoms. The number of carbonyl (C=O) groups excluding carboxylic acids is 4. The number of hydrogen-bond donors (Lipinski definition) is 3. The second kappa shape index (κ2) is 62.6. The van der Waals surface area contributed by atoms with Crippen LogP contribution in [0.3, 0.4) is 0 Å². The summed E-state index contributed by atoms with van der Waals surface area (Å²) in [5, 5.41) is 10.6. The number of rotatable bonds is 70. The monoisotopic (exact) mass is 1350 g/mol. The highest BCUT2D eigenvalue weighted by atomic mass is 31.2. The van der Waals surface area contributed by atoms with Crippen LogP contribution < -0.4 is 0 Å². The van der Waals surface area contributed by atoms with Gasteiger partial charge in [-0.3, -0.25) is 37.3 Å². The predicted molar refractivity (Wildman–Crippen MR) is 372 cm³/mol. The summed E-state index contributed by atoms with van der Waals surface area (Å²) in [6.07, 6.45) is 45.9. The summed E-state index contributed by atoms with van der Waals surface area (Å²) >= 11 is 0. The molecule has 0 saturated carbocycles. The summed E-state index contributed by atoms with van der Waals surface area (Å²) in [5.41, 5.74) is 0. The highest BCUT2D eigenvalue weighted by molar-refractivity contribution is 7.47. The molecular weight excluding hydrogens is 1210 g/mol. The molecule has 0 spiro atoms. The van der Waals surface area contributed by atoms with Gasteiger partial charge in [-0.05, 0) is 49.4 Å². The van der Waals surface area contributed by atoms with Crippen LogP contribution >= 0.6 is 15.6 Å². The first-order valence-corrected chi connectivity index (χ1v) is 40.8. The van der Waals surface area contributed by atoms with Gasteiger partial charge >= 0.3 is 39.5 Å². The van der Waals surface area contributed by atoms with E-state index in [2.05, 4.69) is 55.4 Å². The van der Waals surface area contributed by atoms with Crippen LogP contribution in [0.25, 0.3) is 0 Å². The van der Waals surface area contributed by atoms with Crippen molar-refractivity contribution in [2.45, 2.75) is 382 Å². The average molecular weight is 1350 g/mol. The lowest BCUT2D eigenvalue weighted by Gasteiger charge is -2.21. The number of carbonyl (C=O) groups is 4. The molecule has 0 radical (unpaired) electrons. The van der Waals surface area contributed by atoms with E-state index < -0.39 is 97.5 Å². The van der Waals surface area contributed by atoms with E-state index in [1.54, 1.807) is 0 Å². The van der Waals surface area contributed by atoms with Gasteiger partial charge in [-0.15, -0.1) is 0 Å². The molecule has 3 N–H and O–H groups in total. The minimum Gasteiger partial charge on any atom is -0.462 e. The molecule has 0 aliphatic heterocycles. The smallest absolute Gasteiger partial charge is 0.462 e. The second-order valence-corrected chi connectivity index (χ2v) is 30.7. The number of aliphatic hydroxyl groups excluding tert-OH is 1. The van der Waals surface area contributed by atoms with Gasteiger partial charge in [0.2, 0.25) is 0 Å². The Bertz CT molecular complexity index is 1820. The van der Waals surface area contributed by atoms with Gasteiger partial charge in [0.1, 0.15) is 19.3 Å². The van der Waals surface area contributed by atoms with Crippen molar-refractivity contribution in [3.05, 3.63) is 0 Å². The molecular formula is C73H142O17P2. The summed E-state index contributed by atoms with van der Waals surface area (Å²) in [5.74, 6) is 0.895. The van der Waals surface area contributed by atoms with Crippen LogP contribution in [0.2, 0.25) is 0 Å². The lowest BCUT2D eigenvalue weighted by Crippen LogP contribution is -2.30. The van der Waals surface area contributed by atoms with Crippen LogP contribution in [0.4, 0.5) is 0 Å². The highest BCUT2D eigenvalue weighted by Gasteiger charge is 2.30. The Morgan fingerprint density at radius 2 is 0.522 bits per heavy atom. The van der Waals surface area contributed by atoms with Crippen molar-refractivity contribution in [1.29, 1.82) is 0 Å². The Hall–Kier alpha value is -1.94. The average Bonchev–Trinajstić information content (AvgIpc) is 3.38. The molecule has 0 aliphatic carbocycles. The van der Waals surface area contributed by atoms with Gasteiger partial charge in [0, 0.05) is 25.7 Å². The molecule has 0 aromatic carbocycles. The standard InChI is InChI=1S/C73H142O17P2/c1-9-65(7)51-43-35-29-31-37-45-53-70(75)83-59-68(89-72(77)55-47-39-27-23-18-16-14-12-11-13-15-17-21-25-33-41-49-63(3)4)61-87-91(79,80)85-57-67(74)58-86-92(81,82)88-62-69(60-84-71(76)54-46-38-32-30-36-44-52-66(8)10-2)90-73(78)56-48-40-28-24-20-19-22-26-34-42-50-64(5)6/h63-69,74H,9-62H2,1-8H3,(H,79,80)(H,81,82)/t65?,66?,67-,68-,69-/m1/s1. The number of hydrogen-bond acceptors (Lipinski definition) is 15. The van der Waals surface area contributed by atoms with Crippen LogP contribution in [-0.4, -0.2) is 96.7 Å². The summed E-state index contributed by atoms with van der Waals surface area (Å²) in [6.45, 7) is 14.1. The molecule has 0 bridgehead atoms. The van der Waals surface area contributed by atoms with Crippen molar-refractivity contribution < 1.29 is 80.2 Å². The topological polar surface area (TPSA) is 237 Å². The maximum Gasteiger partial charge on any atom is 0.472 e. The lowest BCUT2D eigenvalue weighted by molar-refractivity contribution is -0.161. The van der Waals surface area contributed by atoms with Gasteiger partial charge in [-0.25, -0.2) is 9.13 Å². The first kappa shape index (κ1) is 90.1. The fraction of sp³-hybridized carbons (Fsp3) is 0.945. The lowest BCUT2D eigenvalue weighted by atomic mass is 10.00. The number of aliphatic hydroxyl groups is 1. The molecule has 0 rings (SSSR count). The van der Waals surface area contributed by atoms with E-state index in [9.17, 15) is 43.2 Å². The molecule has 92 heavy (non-hydrogen) atoms. The zero-order valence-corrected chi connectivity index (χ0v) is 62.0. The van der Waals surface area contributed by atoms with Gasteiger partial charge in [-0.2, -0.15) is 0 Å². The van der Waals surface area contributed by atoms with E-state index in [-0.39, 0.29) is 25.7 Å². The van der Waals surface area contributed by atoms with Crippen LogP contribution in [0.15, 0.2) is 0 Å². The van der Waals surface area contributed by atoms with Crippen molar-refractivity contribution in [1.82, 2.24) is 0 Å². The van der Waals surface area contributed by atoms with Gasteiger partial charge in [0.15, 0.2) is 12.2 Å². The van der Waals surface area contributed by atoms with Crippen LogP contribution in [0, 0.1) is 23.7 Å². The van der Waals surface area contributed by atoms with Crippen molar-refractivity contribution >= 4 is 39.5 Å². The molecule has 0 aromatic rings. The van der Waals surface area contributed by atoms with E-state index in [1.807, 2.05) is 0 Å². The Balaban J connectivity index is 5.22. The van der Waals surface area contributed by atoms with E-state index in [0.717, 1.165) is 126 Å². The Kier molecular flexibility index (Phi) is 61.3. The zero-order valence-electron chi connectivity index (χ0n) is 60.2. The molecule has 0 fully saturated rings. The number of phosphoric acid groups is 2. The van der Waals surface area contributed by atoms with Gasteiger partial charge in [0.05, 0.1) is 26.4 Å². The summed E-state index contributed by atoms with van der Waals surface area (Å²) in [7, 11) is -9.91. The van der Waals surface area contributed by atoms with Crippen molar-refractivity contribution in [3.63, 3.8) is 0 Å². The first-order valence-electron chi connectivity index (χ1n) is 37.8. The third-order valence-electron chi connectivity index (χ3n) is 17.5. The Morgan fingerprint density at radius 3 is 0.772 bits per heavy atom. The third kappa shape index (κ3) is 64.1. The molecule has 546 valence electrons. The van der Waals surface area contributed by atoms with Crippen LogP contribution in [0.5, 0.6) is 0 Å². The molecule has 0 aromatic heterocycles. The Labute approximate surface area is 562 Å². The summed E-state index contributed by atoms with van der Waals surface area (Å²) < 4.78 is 68.4. The van der Waals surface area contributed by atoms with Crippen molar-refractivity contribution in [2.24, 2.45) is 23.7 Å². The number of esters is 4. The van der Waals surface area contributed by atoms with E-state index in [0.29, 0.717) is 25.7 Å².